The maximum Gasteiger partial charge on any atom is 0.265 e. The molecule has 0 aromatic heterocycles. The number of hydrogen-bond acceptors (Lipinski definition) is 7. The summed E-state index contributed by atoms with van der Waals surface area (Å²) in [7, 11) is -0.163. The zero-order valence-corrected chi connectivity index (χ0v) is 25.3. The fourth-order valence-electron chi connectivity index (χ4n) is 4.88. The highest BCUT2D eigenvalue weighted by Gasteiger charge is 2.31. The van der Waals surface area contributed by atoms with Crippen LogP contribution in [0.4, 0.5) is 11.4 Å². The molecule has 224 valence electrons. The smallest absolute Gasteiger partial charge is 0.265 e. The number of nitrogens with zero attached hydrogens (tertiary/aromatic N) is 1. The number of para-hydroxylation sites is 1. The summed E-state index contributed by atoms with van der Waals surface area (Å²) >= 11 is 6.24. The van der Waals surface area contributed by atoms with Crippen LogP contribution >= 0.6 is 11.6 Å². The zero-order valence-electron chi connectivity index (χ0n) is 23.7. The molecule has 10 nitrogen and oxygen atoms in total. The molecule has 1 aliphatic rings. The first-order valence-electron chi connectivity index (χ1n) is 13.5. The molecular formula is C30H34ClN3O7S. The molecule has 42 heavy (non-hydrogen) atoms. The Bertz CT molecular complexity index is 1540. The molecule has 0 radical (unpaired) electrons. The third-order valence-corrected chi connectivity index (χ3v) is 9.02. The van der Waals surface area contributed by atoms with Crippen molar-refractivity contribution in [2.45, 2.75) is 43.0 Å². The van der Waals surface area contributed by atoms with E-state index in [0.717, 1.165) is 36.4 Å². The van der Waals surface area contributed by atoms with Crippen molar-refractivity contribution in [3.8, 4) is 17.2 Å². The Hall–Kier alpha value is -3.96. The summed E-state index contributed by atoms with van der Waals surface area (Å²) in [6.45, 7) is -0.647. The van der Waals surface area contributed by atoms with Gasteiger partial charge >= 0.3 is 0 Å². The van der Waals surface area contributed by atoms with Crippen molar-refractivity contribution in [1.82, 2.24) is 5.32 Å². The van der Waals surface area contributed by atoms with E-state index in [-0.39, 0.29) is 50.3 Å². The van der Waals surface area contributed by atoms with Gasteiger partial charge in [0.15, 0.2) is 11.5 Å². The molecule has 1 saturated carbocycles. The number of nitrogens with one attached hydrogen (secondary N) is 2. The first-order chi connectivity index (χ1) is 20.2. The maximum absolute atomic E-state index is 14.1. The number of anilines is 2. The Morgan fingerprint density at radius 3 is 2.24 bits per heavy atom. The minimum absolute atomic E-state index is 0.0539. The van der Waals surface area contributed by atoms with Gasteiger partial charge in [0, 0.05) is 17.1 Å². The van der Waals surface area contributed by atoms with Crippen LogP contribution in [-0.4, -0.2) is 54.1 Å². The lowest BCUT2D eigenvalue weighted by molar-refractivity contribution is -0.114. The van der Waals surface area contributed by atoms with E-state index < -0.39 is 22.5 Å². The Morgan fingerprint density at radius 1 is 0.881 bits per heavy atom. The summed E-state index contributed by atoms with van der Waals surface area (Å²) in [4.78, 5) is 26.4. The Kier molecular flexibility index (Phi) is 10.2. The van der Waals surface area contributed by atoms with Gasteiger partial charge in [-0.25, -0.2) is 8.42 Å². The Balaban J connectivity index is 1.67. The highest BCUT2D eigenvalue weighted by atomic mass is 35.5. The molecule has 0 atom stereocenters. The average Bonchev–Trinajstić information content (AvgIpc) is 3.00. The van der Waals surface area contributed by atoms with E-state index in [1.807, 2.05) is 0 Å². The van der Waals surface area contributed by atoms with E-state index in [9.17, 15) is 18.0 Å². The van der Waals surface area contributed by atoms with Gasteiger partial charge in [0.25, 0.3) is 15.9 Å². The molecule has 0 heterocycles. The third kappa shape index (κ3) is 7.08. The van der Waals surface area contributed by atoms with Crippen molar-refractivity contribution in [3.05, 3.63) is 71.2 Å². The predicted octanol–water partition coefficient (Wildman–Crippen LogP) is 5.26. The van der Waals surface area contributed by atoms with Gasteiger partial charge < -0.3 is 24.8 Å². The first kappa shape index (κ1) is 31.0. The van der Waals surface area contributed by atoms with E-state index in [2.05, 4.69) is 10.6 Å². The average molecular weight is 616 g/mol. The van der Waals surface area contributed by atoms with Gasteiger partial charge in [-0.2, -0.15) is 0 Å². The topological polar surface area (TPSA) is 123 Å². The first-order valence-corrected chi connectivity index (χ1v) is 15.3. The zero-order chi connectivity index (χ0) is 30.3. The number of halogens is 1. The van der Waals surface area contributed by atoms with E-state index in [4.69, 9.17) is 25.8 Å². The predicted molar refractivity (Wildman–Crippen MR) is 161 cm³/mol. The number of benzene rings is 3. The van der Waals surface area contributed by atoms with E-state index in [0.29, 0.717) is 5.75 Å². The van der Waals surface area contributed by atoms with Gasteiger partial charge in [0.05, 0.1) is 43.2 Å². The minimum Gasteiger partial charge on any atom is -0.495 e. The SMILES string of the molecule is COc1ccc(S(=O)(=O)N(CC(=O)Nc2ccccc2C(=O)NC2CCCCC2)c2cc(Cl)ccc2OC)cc1OC. The Labute approximate surface area is 251 Å². The fourth-order valence-corrected chi connectivity index (χ4v) is 6.49. The van der Waals surface area contributed by atoms with Crippen LogP contribution in [0, 0.1) is 0 Å². The van der Waals surface area contributed by atoms with Crippen LogP contribution in [0.5, 0.6) is 17.2 Å². The van der Waals surface area contributed by atoms with E-state index in [1.165, 1.54) is 51.7 Å². The van der Waals surface area contributed by atoms with Crippen molar-refractivity contribution >= 4 is 44.8 Å². The molecule has 3 aromatic carbocycles. The van der Waals surface area contributed by atoms with Crippen LogP contribution in [0.15, 0.2) is 65.6 Å². The number of methoxy groups -OCH3 is 3. The molecule has 0 bridgehead atoms. The highest BCUT2D eigenvalue weighted by Crippen LogP contribution is 2.37. The quantitative estimate of drug-likeness (QED) is 0.301. The molecule has 3 aromatic rings. The van der Waals surface area contributed by atoms with Gasteiger partial charge in [-0.3, -0.25) is 13.9 Å². The minimum atomic E-state index is -4.38. The number of carbonyl (C=O) groups is 2. The van der Waals surface area contributed by atoms with E-state index in [1.54, 1.807) is 30.3 Å². The van der Waals surface area contributed by atoms with Crippen LogP contribution in [-0.2, 0) is 14.8 Å². The van der Waals surface area contributed by atoms with Crippen LogP contribution < -0.4 is 29.1 Å². The lowest BCUT2D eigenvalue weighted by Gasteiger charge is -2.26. The summed E-state index contributed by atoms with van der Waals surface area (Å²) in [5.41, 5.74) is 0.599. The molecule has 0 aliphatic heterocycles. The molecular weight excluding hydrogens is 582 g/mol. The summed E-state index contributed by atoms with van der Waals surface area (Å²) in [6.07, 6.45) is 5.08. The number of carbonyl (C=O) groups excluding carboxylic acids is 2. The van der Waals surface area contributed by atoms with Crippen molar-refractivity contribution < 1.29 is 32.2 Å². The summed E-state index contributed by atoms with van der Waals surface area (Å²) in [5, 5.41) is 6.01. The van der Waals surface area contributed by atoms with Crippen molar-refractivity contribution in [2.75, 3.05) is 37.5 Å². The fraction of sp³-hybridized carbons (Fsp3) is 0.333. The van der Waals surface area contributed by atoms with Crippen LogP contribution in [0.3, 0.4) is 0 Å². The van der Waals surface area contributed by atoms with Crippen molar-refractivity contribution in [1.29, 1.82) is 0 Å². The molecule has 2 amide bonds. The Morgan fingerprint density at radius 2 is 1.55 bits per heavy atom. The number of amides is 2. The lowest BCUT2D eigenvalue weighted by Crippen LogP contribution is -2.39. The number of sulfonamides is 1. The summed E-state index contributed by atoms with van der Waals surface area (Å²) in [5.74, 6) is -0.269. The van der Waals surface area contributed by atoms with Crippen LogP contribution in [0.1, 0.15) is 42.5 Å². The molecule has 12 heteroatoms. The molecule has 0 spiro atoms. The van der Waals surface area contributed by atoms with Gasteiger partial charge in [0.2, 0.25) is 5.91 Å². The molecule has 0 unspecified atom stereocenters. The largest absolute Gasteiger partial charge is 0.495 e. The summed E-state index contributed by atoms with van der Waals surface area (Å²) in [6, 6.07) is 15.3. The van der Waals surface area contributed by atoms with Crippen LogP contribution in [0.2, 0.25) is 5.02 Å². The maximum atomic E-state index is 14.1. The highest BCUT2D eigenvalue weighted by molar-refractivity contribution is 7.92. The molecule has 1 aliphatic carbocycles. The normalized spacial score (nSPS) is 13.6. The number of ether oxygens (including phenoxy) is 3. The second kappa shape index (κ2) is 13.8. The lowest BCUT2D eigenvalue weighted by atomic mass is 9.95. The van der Waals surface area contributed by atoms with Crippen LogP contribution in [0.25, 0.3) is 0 Å². The molecule has 4 rings (SSSR count). The van der Waals surface area contributed by atoms with Gasteiger partial charge in [-0.05, 0) is 55.3 Å². The standard InChI is InChI=1S/C30H34ClN3O7S/c1-39-26-15-13-20(31)17-25(26)34(42(37,38)22-14-16-27(40-2)28(18-22)41-3)19-29(35)33-24-12-8-7-11-23(24)30(36)32-21-9-5-4-6-10-21/h7-8,11-18,21H,4-6,9-10,19H2,1-3H3,(H,32,36)(H,33,35). The third-order valence-electron chi connectivity index (χ3n) is 7.03. The monoisotopic (exact) mass is 615 g/mol. The second-order valence-corrected chi connectivity index (χ2v) is 12.0. The van der Waals surface area contributed by atoms with Gasteiger partial charge in [-0.15, -0.1) is 0 Å². The molecule has 2 N–H and O–H groups in total. The van der Waals surface area contributed by atoms with E-state index >= 15 is 0 Å². The van der Waals surface area contributed by atoms with Crippen molar-refractivity contribution in [3.63, 3.8) is 0 Å². The van der Waals surface area contributed by atoms with Gasteiger partial charge in [-0.1, -0.05) is 43.0 Å². The number of hydrogen-bond donors (Lipinski definition) is 2. The van der Waals surface area contributed by atoms with Gasteiger partial charge in [0.1, 0.15) is 12.3 Å². The number of rotatable bonds is 11. The van der Waals surface area contributed by atoms with Crippen molar-refractivity contribution in [2.24, 2.45) is 0 Å². The molecule has 0 saturated heterocycles. The second-order valence-electron chi connectivity index (χ2n) is 9.75. The molecule has 1 fully saturated rings. The summed E-state index contributed by atoms with van der Waals surface area (Å²) < 4.78 is 45.0.